The second-order valence-electron chi connectivity index (χ2n) is 3.91. The number of unbranched alkanes of at least 4 members (excludes halogenated alkanes) is 1. The summed E-state index contributed by atoms with van der Waals surface area (Å²) in [4.78, 5) is 11.7. The lowest BCUT2D eigenvalue weighted by molar-refractivity contribution is -0.117. The Morgan fingerprint density at radius 1 is 1.50 bits per heavy atom. The van der Waals surface area contributed by atoms with Gasteiger partial charge in [-0.15, -0.1) is 0 Å². The Morgan fingerprint density at radius 3 is 2.78 bits per heavy atom. The molecule has 0 aliphatic heterocycles. The summed E-state index contributed by atoms with van der Waals surface area (Å²) in [5, 5.41) is 1.96. The fourth-order valence-electron chi connectivity index (χ4n) is 1.61. The van der Waals surface area contributed by atoms with Crippen molar-refractivity contribution in [1.82, 2.24) is 5.43 Å². The SMILES string of the molecule is CCCCNN(C(C)=O)c1cccc(Cl)c1OC. The first-order valence-corrected chi connectivity index (χ1v) is 6.36. The molecule has 4 nitrogen and oxygen atoms in total. The van der Waals surface area contributed by atoms with E-state index in [4.69, 9.17) is 16.3 Å². The van der Waals surface area contributed by atoms with E-state index >= 15 is 0 Å². The van der Waals surface area contributed by atoms with Crippen molar-refractivity contribution in [3.63, 3.8) is 0 Å². The number of carbonyl (C=O) groups excluding carboxylic acids is 1. The average Bonchev–Trinajstić information content (AvgIpc) is 2.34. The zero-order valence-electron chi connectivity index (χ0n) is 11.0. The van der Waals surface area contributed by atoms with E-state index in [0.29, 0.717) is 16.5 Å². The highest BCUT2D eigenvalue weighted by Crippen LogP contribution is 2.34. The van der Waals surface area contributed by atoms with E-state index in [9.17, 15) is 4.79 Å². The number of nitrogens with one attached hydrogen (secondary N) is 1. The molecule has 0 spiro atoms. The topological polar surface area (TPSA) is 41.6 Å². The van der Waals surface area contributed by atoms with Crippen molar-refractivity contribution in [2.45, 2.75) is 26.7 Å². The summed E-state index contributed by atoms with van der Waals surface area (Å²) in [5.74, 6) is 0.394. The largest absolute Gasteiger partial charge is 0.493 e. The molecule has 1 rings (SSSR count). The Balaban J connectivity index is 2.98. The first-order valence-electron chi connectivity index (χ1n) is 5.98. The Morgan fingerprint density at radius 2 is 2.22 bits per heavy atom. The molecule has 0 atom stereocenters. The van der Waals surface area contributed by atoms with E-state index in [-0.39, 0.29) is 5.91 Å². The zero-order valence-corrected chi connectivity index (χ0v) is 11.8. The number of anilines is 1. The number of hydrazine groups is 1. The maximum Gasteiger partial charge on any atom is 0.238 e. The number of rotatable bonds is 6. The van der Waals surface area contributed by atoms with Gasteiger partial charge in [0.1, 0.15) is 5.69 Å². The van der Waals surface area contributed by atoms with Gasteiger partial charge < -0.3 is 4.74 Å². The van der Waals surface area contributed by atoms with Crippen LogP contribution in [0.15, 0.2) is 18.2 Å². The Labute approximate surface area is 113 Å². The fraction of sp³-hybridized carbons (Fsp3) is 0.462. The minimum atomic E-state index is -0.105. The predicted octanol–water partition coefficient (Wildman–Crippen LogP) is 3.01. The summed E-state index contributed by atoms with van der Waals surface area (Å²) in [6.45, 7) is 4.32. The molecule has 0 unspecified atom stereocenters. The second-order valence-corrected chi connectivity index (χ2v) is 4.32. The van der Waals surface area contributed by atoms with Gasteiger partial charge in [-0.2, -0.15) is 0 Å². The van der Waals surface area contributed by atoms with E-state index < -0.39 is 0 Å². The molecule has 0 aliphatic carbocycles. The summed E-state index contributed by atoms with van der Waals surface area (Å²) < 4.78 is 5.25. The molecule has 100 valence electrons. The van der Waals surface area contributed by atoms with Crippen LogP contribution in [0.2, 0.25) is 5.02 Å². The number of hydrogen-bond donors (Lipinski definition) is 1. The smallest absolute Gasteiger partial charge is 0.238 e. The van der Waals surface area contributed by atoms with Crippen LogP contribution in [0.25, 0.3) is 0 Å². The van der Waals surface area contributed by atoms with E-state index in [2.05, 4.69) is 12.3 Å². The molecule has 0 saturated heterocycles. The molecule has 1 aromatic carbocycles. The number of nitrogens with zero attached hydrogens (tertiary/aromatic N) is 1. The van der Waals surface area contributed by atoms with Crippen LogP contribution in [0.4, 0.5) is 5.69 Å². The van der Waals surface area contributed by atoms with Gasteiger partial charge in [-0.25, -0.2) is 10.4 Å². The van der Waals surface area contributed by atoms with E-state index in [1.54, 1.807) is 18.2 Å². The number of amides is 1. The lowest BCUT2D eigenvalue weighted by Crippen LogP contribution is -2.42. The summed E-state index contributed by atoms with van der Waals surface area (Å²) in [6, 6.07) is 5.32. The maximum absolute atomic E-state index is 11.7. The number of ether oxygens (including phenoxy) is 1. The van der Waals surface area contributed by atoms with Crippen LogP contribution in [-0.2, 0) is 4.79 Å². The number of carbonyl (C=O) groups is 1. The van der Waals surface area contributed by atoms with Gasteiger partial charge in [-0.05, 0) is 18.6 Å². The summed E-state index contributed by atoms with van der Waals surface area (Å²) in [6.07, 6.45) is 2.05. The van der Waals surface area contributed by atoms with Crippen molar-refractivity contribution >= 4 is 23.2 Å². The van der Waals surface area contributed by atoms with E-state index in [1.165, 1.54) is 19.0 Å². The van der Waals surface area contributed by atoms with Crippen molar-refractivity contribution in [3.8, 4) is 5.75 Å². The fourth-order valence-corrected chi connectivity index (χ4v) is 1.86. The monoisotopic (exact) mass is 270 g/mol. The maximum atomic E-state index is 11.7. The quantitative estimate of drug-likeness (QED) is 0.638. The molecular formula is C13H19ClN2O2. The first-order chi connectivity index (χ1) is 8.61. The van der Waals surface area contributed by atoms with Crippen molar-refractivity contribution < 1.29 is 9.53 Å². The molecule has 1 N–H and O–H groups in total. The zero-order chi connectivity index (χ0) is 13.5. The molecular weight excluding hydrogens is 252 g/mol. The molecule has 5 heteroatoms. The lowest BCUT2D eigenvalue weighted by atomic mass is 10.2. The van der Waals surface area contributed by atoms with Crippen LogP contribution in [0.5, 0.6) is 5.75 Å². The Bertz CT molecular complexity index is 410. The number of hydrogen-bond acceptors (Lipinski definition) is 3. The Hall–Kier alpha value is -1.26. The molecule has 1 amide bonds. The molecule has 0 bridgehead atoms. The van der Waals surface area contributed by atoms with Crippen LogP contribution < -0.4 is 15.2 Å². The highest BCUT2D eigenvalue weighted by molar-refractivity contribution is 6.32. The standard InChI is InChI=1S/C13H19ClN2O2/c1-4-5-9-15-16(10(2)17)12-8-6-7-11(14)13(12)18-3/h6-8,15H,4-5,9H2,1-3H3. The minimum absolute atomic E-state index is 0.105. The van der Waals surface area contributed by atoms with E-state index in [0.717, 1.165) is 19.4 Å². The molecule has 0 fully saturated rings. The van der Waals surface area contributed by atoms with Gasteiger partial charge in [-0.3, -0.25) is 4.79 Å². The molecule has 0 aromatic heterocycles. The van der Waals surface area contributed by atoms with Crippen LogP contribution >= 0.6 is 11.6 Å². The second kappa shape index (κ2) is 7.24. The van der Waals surface area contributed by atoms with Crippen LogP contribution in [-0.4, -0.2) is 19.6 Å². The average molecular weight is 271 g/mol. The van der Waals surface area contributed by atoms with Crippen molar-refractivity contribution in [1.29, 1.82) is 0 Å². The normalized spacial score (nSPS) is 10.2. The van der Waals surface area contributed by atoms with Crippen LogP contribution in [0.3, 0.4) is 0 Å². The number of halogens is 1. The summed E-state index contributed by atoms with van der Waals surface area (Å²) in [5.41, 5.74) is 3.72. The van der Waals surface area contributed by atoms with Gasteiger partial charge >= 0.3 is 0 Å². The summed E-state index contributed by atoms with van der Waals surface area (Å²) in [7, 11) is 1.54. The number of benzene rings is 1. The number of para-hydroxylation sites is 1. The van der Waals surface area contributed by atoms with Crippen molar-refractivity contribution in [2.75, 3.05) is 18.7 Å². The van der Waals surface area contributed by atoms with E-state index in [1.807, 2.05) is 0 Å². The third-order valence-corrected chi connectivity index (χ3v) is 2.80. The van der Waals surface area contributed by atoms with Crippen molar-refractivity contribution in [2.24, 2.45) is 0 Å². The predicted molar refractivity (Wildman–Crippen MR) is 74.1 cm³/mol. The third kappa shape index (κ3) is 3.62. The highest BCUT2D eigenvalue weighted by Gasteiger charge is 2.17. The van der Waals surface area contributed by atoms with Gasteiger partial charge in [0.2, 0.25) is 5.91 Å². The van der Waals surface area contributed by atoms with Gasteiger partial charge in [0, 0.05) is 13.5 Å². The Kier molecular flexibility index (Phi) is 5.95. The molecule has 1 aromatic rings. The molecule has 0 radical (unpaired) electrons. The molecule has 0 saturated carbocycles. The molecule has 0 heterocycles. The molecule has 18 heavy (non-hydrogen) atoms. The van der Waals surface area contributed by atoms with Crippen LogP contribution in [0.1, 0.15) is 26.7 Å². The number of methoxy groups -OCH3 is 1. The van der Waals surface area contributed by atoms with Gasteiger partial charge in [0.05, 0.1) is 12.1 Å². The van der Waals surface area contributed by atoms with Gasteiger partial charge in [0.25, 0.3) is 0 Å². The van der Waals surface area contributed by atoms with Crippen molar-refractivity contribution in [3.05, 3.63) is 23.2 Å². The first kappa shape index (κ1) is 14.8. The lowest BCUT2D eigenvalue weighted by Gasteiger charge is -2.24. The molecule has 0 aliphatic rings. The highest BCUT2D eigenvalue weighted by atomic mass is 35.5. The third-order valence-electron chi connectivity index (χ3n) is 2.51. The van der Waals surface area contributed by atoms with Gasteiger partial charge in [-0.1, -0.05) is 31.0 Å². The van der Waals surface area contributed by atoms with Gasteiger partial charge in [0.15, 0.2) is 5.75 Å². The summed E-state index contributed by atoms with van der Waals surface area (Å²) >= 11 is 6.05. The van der Waals surface area contributed by atoms with Crippen LogP contribution in [0, 0.1) is 0 Å². The minimum Gasteiger partial charge on any atom is -0.493 e.